The molecule has 0 N–H and O–H groups in total. The third-order valence-electron chi connectivity index (χ3n) is 4.77. The van der Waals surface area contributed by atoms with Gasteiger partial charge in [-0.05, 0) is 23.7 Å². The van der Waals surface area contributed by atoms with Crippen molar-refractivity contribution in [1.82, 2.24) is 4.90 Å². The highest BCUT2D eigenvalue weighted by molar-refractivity contribution is 6.02. The van der Waals surface area contributed by atoms with Gasteiger partial charge in [0.15, 0.2) is 5.78 Å². The van der Waals surface area contributed by atoms with E-state index in [0.29, 0.717) is 0 Å². The molecule has 1 heterocycles. The van der Waals surface area contributed by atoms with Gasteiger partial charge in [0, 0.05) is 5.56 Å². The monoisotopic (exact) mass is 313 g/mol. The number of nitrogens with zero attached hydrogens (tertiary/aromatic N) is 1. The van der Waals surface area contributed by atoms with Crippen LogP contribution in [-0.2, 0) is 0 Å². The molecule has 1 unspecified atom stereocenters. The second-order valence-corrected chi connectivity index (χ2v) is 6.27. The topological polar surface area (TPSA) is 20.1 Å². The predicted molar refractivity (Wildman–Crippen MR) is 96.9 cm³/mol. The number of Topliss-reactive ketones (excluding diaryl/α,β-unsaturated/α-hetero) is 1. The molecule has 24 heavy (non-hydrogen) atoms. The SMILES string of the molecule is CN1[C@H](C(=O)c2ccccc2)[C@H]1c1ccc(-c2ccccc2)cc1. The van der Waals surface area contributed by atoms with Crippen molar-refractivity contribution in [2.24, 2.45) is 0 Å². The van der Waals surface area contributed by atoms with Crippen LogP contribution in [0.3, 0.4) is 0 Å². The molecule has 0 aromatic heterocycles. The number of rotatable bonds is 4. The first kappa shape index (κ1) is 14.9. The number of benzene rings is 3. The van der Waals surface area contributed by atoms with E-state index in [0.717, 1.165) is 5.56 Å². The summed E-state index contributed by atoms with van der Waals surface area (Å²) in [6, 6.07) is 28.6. The summed E-state index contributed by atoms with van der Waals surface area (Å²) in [7, 11) is 2.02. The molecular formula is C22H19NO. The fraction of sp³-hybridized carbons (Fsp3) is 0.136. The molecule has 2 heteroatoms. The van der Waals surface area contributed by atoms with Crippen LogP contribution in [0.4, 0.5) is 0 Å². The standard InChI is InChI=1S/C22H19NO/c1-23-20(21(23)22(24)19-10-6-3-7-11-19)18-14-12-17(13-15-18)16-8-4-2-5-9-16/h2-15,20-21H,1H3/t20-,21+,23?/m1/s1. The Hall–Kier alpha value is -2.71. The average molecular weight is 313 g/mol. The summed E-state index contributed by atoms with van der Waals surface area (Å²) < 4.78 is 0. The molecule has 0 spiro atoms. The largest absolute Gasteiger partial charge is 0.292 e. The molecule has 0 aliphatic carbocycles. The summed E-state index contributed by atoms with van der Waals surface area (Å²) >= 11 is 0. The van der Waals surface area contributed by atoms with Gasteiger partial charge >= 0.3 is 0 Å². The van der Waals surface area contributed by atoms with Crippen molar-refractivity contribution in [2.45, 2.75) is 12.1 Å². The third kappa shape index (κ3) is 2.66. The lowest BCUT2D eigenvalue weighted by Crippen LogP contribution is -2.11. The number of ketones is 1. The summed E-state index contributed by atoms with van der Waals surface area (Å²) in [4.78, 5) is 14.8. The Morgan fingerprint density at radius 3 is 1.92 bits per heavy atom. The molecule has 3 atom stereocenters. The van der Waals surface area contributed by atoms with Crippen molar-refractivity contribution in [2.75, 3.05) is 7.05 Å². The molecule has 0 saturated carbocycles. The highest BCUT2D eigenvalue weighted by Crippen LogP contribution is 2.43. The van der Waals surface area contributed by atoms with Gasteiger partial charge in [-0.15, -0.1) is 0 Å². The van der Waals surface area contributed by atoms with Crippen LogP contribution in [0.5, 0.6) is 0 Å². The van der Waals surface area contributed by atoms with Crippen LogP contribution < -0.4 is 0 Å². The van der Waals surface area contributed by atoms with Crippen LogP contribution in [-0.4, -0.2) is 23.8 Å². The maximum absolute atomic E-state index is 12.6. The molecule has 4 rings (SSSR count). The van der Waals surface area contributed by atoms with Gasteiger partial charge in [-0.3, -0.25) is 9.69 Å². The van der Waals surface area contributed by atoms with Crippen molar-refractivity contribution >= 4 is 5.78 Å². The maximum atomic E-state index is 12.6. The van der Waals surface area contributed by atoms with Gasteiger partial charge in [0.1, 0.15) is 0 Å². The van der Waals surface area contributed by atoms with E-state index in [-0.39, 0.29) is 17.9 Å². The Kier molecular flexibility index (Phi) is 3.75. The zero-order valence-electron chi connectivity index (χ0n) is 13.6. The van der Waals surface area contributed by atoms with Crippen molar-refractivity contribution in [3.8, 4) is 11.1 Å². The Morgan fingerprint density at radius 2 is 1.29 bits per heavy atom. The first-order valence-electron chi connectivity index (χ1n) is 8.22. The van der Waals surface area contributed by atoms with Crippen LogP contribution in [0.1, 0.15) is 22.0 Å². The van der Waals surface area contributed by atoms with Gasteiger partial charge in [-0.2, -0.15) is 0 Å². The van der Waals surface area contributed by atoms with E-state index in [1.54, 1.807) is 0 Å². The molecule has 1 aliphatic heterocycles. The summed E-state index contributed by atoms with van der Waals surface area (Å²) in [6.07, 6.45) is 0. The van der Waals surface area contributed by atoms with Gasteiger partial charge in [-0.1, -0.05) is 84.9 Å². The molecular weight excluding hydrogens is 294 g/mol. The zero-order valence-corrected chi connectivity index (χ0v) is 13.6. The van der Waals surface area contributed by atoms with Crippen molar-refractivity contribution in [1.29, 1.82) is 0 Å². The first-order valence-corrected chi connectivity index (χ1v) is 8.22. The molecule has 1 fully saturated rings. The Morgan fingerprint density at radius 1 is 0.750 bits per heavy atom. The number of hydrogen-bond acceptors (Lipinski definition) is 2. The third-order valence-corrected chi connectivity index (χ3v) is 4.77. The minimum atomic E-state index is -0.0463. The van der Waals surface area contributed by atoms with Gasteiger partial charge in [0.2, 0.25) is 0 Å². The number of hydrogen-bond donors (Lipinski definition) is 0. The van der Waals surface area contributed by atoms with E-state index in [9.17, 15) is 4.79 Å². The first-order chi connectivity index (χ1) is 11.8. The molecule has 0 radical (unpaired) electrons. The van der Waals surface area contributed by atoms with Crippen molar-refractivity contribution in [3.05, 3.63) is 96.1 Å². The van der Waals surface area contributed by atoms with Gasteiger partial charge in [0.25, 0.3) is 0 Å². The number of likely N-dealkylation sites (N-methyl/N-ethyl adjacent to an activating group) is 1. The van der Waals surface area contributed by atoms with E-state index in [1.807, 2.05) is 55.6 Å². The Labute approximate surface area is 142 Å². The minimum absolute atomic E-state index is 0.0463. The smallest absolute Gasteiger partial charge is 0.181 e. The molecule has 0 amide bonds. The Bertz CT molecular complexity index is 840. The average Bonchev–Trinajstić information content (AvgIpc) is 3.33. The molecule has 3 aromatic carbocycles. The lowest BCUT2D eigenvalue weighted by Gasteiger charge is -2.04. The number of carbonyl (C=O) groups excluding carboxylic acids is 1. The summed E-state index contributed by atoms with van der Waals surface area (Å²) in [5.74, 6) is 0.204. The Balaban J connectivity index is 1.54. The predicted octanol–water partition coefficient (Wildman–Crippen LogP) is 4.59. The normalized spacial score (nSPS) is 22.1. The maximum Gasteiger partial charge on any atom is 0.181 e. The lowest BCUT2D eigenvalue weighted by atomic mass is 10.00. The van der Waals surface area contributed by atoms with Crippen molar-refractivity contribution < 1.29 is 4.79 Å². The van der Waals surface area contributed by atoms with E-state index in [2.05, 4.69) is 41.3 Å². The highest BCUT2D eigenvalue weighted by atomic mass is 16.1. The zero-order chi connectivity index (χ0) is 16.5. The van der Waals surface area contributed by atoms with E-state index in [1.165, 1.54) is 16.7 Å². The van der Waals surface area contributed by atoms with Gasteiger partial charge < -0.3 is 0 Å². The quantitative estimate of drug-likeness (QED) is 0.518. The minimum Gasteiger partial charge on any atom is -0.292 e. The molecule has 3 aromatic rings. The van der Waals surface area contributed by atoms with Crippen LogP contribution in [0.25, 0.3) is 11.1 Å². The fourth-order valence-corrected chi connectivity index (χ4v) is 3.36. The second kappa shape index (κ2) is 6.06. The van der Waals surface area contributed by atoms with E-state index < -0.39 is 0 Å². The molecule has 1 aliphatic rings. The van der Waals surface area contributed by atoms with E-state index >= 15 is 0 Å². The molecule has 1 saturated heterocycles. The number of carbonyl (C=O) groups is 1. The van der Waals surface area contributed by atoms with Gasteiger partial charge in [-0.25, -0.2) is 0 Å². The van der Waals surface area contributed by atoms with Crippen LogP contribution in [0, 0.1) is 0 Å². The summed E-state index contributed by atoms with van der Waals surface area (Å²) in [6.45, 7) is 0. The van der Waals surface area contributed by atoms with Crippen LogP contribution in [0.15, 0.2) is 84.9 Å². The highest BCUT2D eigenvalue weighted by Gasteiger charge is 2.50. The van der Waals surface area contributed by atoms with E-state index in [4.69, 9.17) is 0 Å². The molecule has 0 bridgehead atoms. The van der Waals surface area contributed by atoms with Gasteiger partial charge in [0.05, 0.1) is 12.1 Å². The molecule has 2 nitrogen and oxygen atoms in total. The summed E-state index contributed by atoms with van der Waals surface area (Å²) in [5, 5.41) is 0. The van der Waals surface area contributed by atoms with Crippen molar-refractivity contribution in [3.63, 3.8) is 0 Å². The van der Waals surface area contributed by atoms with Crippen LogP contribution >= 0.6 is 0 Å². The second-order valence-electron chi connectivity index (χ2n) is 6.27. The molecule has 118 valence electrons. The van der Waals surface area contributed by atoms with Crippen LogP contribution in [0.2, 0.25) is 0 Å². The summed E-state index contributed by atoms with van der Waals surface area (Å²) in [5.41, 5.74) is 4.41. The fourth-order valence-electron chi connectivity index (χ4n) is 3.36. The lowest BCUT2D eigenvalue weighted by molar-refractivity contribution is 0.0977.